The Labute approximate surface area is 503 Å². The van der Waals surface area contributed by atoms with Crippen LogP contribution in [0.3, 0.4) is 0 Å². The Hall–Kier alpha value is -3.41. The summed E-state index contributed by atoms with van der Waals surface area (Å²) in [5.74, 6) is -0.867. The molecule has 1 unspecified atom stereocenters. The summed E-state index contributed by atoms with van der Waals surface area (Å²) in [4.78, 5) is 38.3. The average Bonchev–Trinajstić information content (AvgIpc) is 3.47. The first kappa shape index (κ1) is 77.6. The lowest BCUT2D eigenvalue weighted by Crippen LogP contribution is -2.30. The highest BCUT2D eigenvalue weighted by Gasteiger charge is 2.19. The maximum absolute atomic E-state index is 12.9. The summed E-state index contributed by atoms with van der Waals surface area (Å²) < 4.78 is 16.9. The first-order valence-electron chi connectivity index (χ1n) is 35.1. The minimum atomic E-state index is -0.777. The lowest BCUT2D eigenvalue weighted by molar-refractivity contribution is -0.167. The molecule has 0 aliphatic rings. The minimum Gasteiger partial charge on any atom is -0.462 e. The van der Waals surface area contributed by atoms with E-state index < -0.39 is 6.10 Å². The lowest BCUT2D eigenvalue weighted by atomic mass is 10.0. The third-order valence-electron chi connectivity index (χ3n) is 15.4. The van der Waals surface area contributed by atoms with E-state index in [0.29, 0.717) is 19.3 Å². The van der Waals surface area contributed by atoms with E-state index in [9.17, 15) is 14.4 Å². The normalized spacial score (nSPS) is 12.6. The summed E-state index contributed by atoms with van der Waals surface area (Å²) in [5, 5.41) is 0. The molecule has 0 rings (SSSR count). The predicted molar refractivity (Wildman–Crippen MR) is 353 cm³/mol. The molecule has 468 valence electrons. The Kier molecular flexibility index (Phi) is 66.2. The largest absolute Gasteiger partial charge is 0.462 e. The van der Waals surface area contributed by atoms with Crippen molar-refractivity contribution in [2.75, 3.05) is 13.2 Å². The second-order valence-electron chi connectivity index (χ2n) is 23.4. The molecule has 0 bridgehead atoms. The summed E-state index contributed by atoms with van der Waals surface area (Å²) in [5.41, 5.74) is 0. The maximum atomic E-state index is 12.9. The molecule has 0 aliphatic heterocycles. The number of allylic oxidation sites excluding steroid dienone is 14. The van der Waals surface area contributed by atoms with Crippen LogP contribution in [0.15, 0.2) is 85.1 Å². The van der Waals surface area contributed by atoms with Gasteiger partial charge in [0.05, 0.1) is 0 Å². The molecule has 0 aromatic heterocycles. The summed E-state index contributed by atoms with van der Waals surface area (Å²) >= 11 is 0. The molecule has 1 atom stereocenters. The standard InChI is InChI=1S/C75H132O6/c1-4-7-10-13-16-19-22-24-26-28-30-32-33-34-35-36-37-38-39-40-41-42-43-44-46-47-49-51-53-56-59-62-65-68-74(77)80-71-72(70-79-73(76)67-64-61-58-55-21-18-15-12-9-6-3)81-75(78)69-66-63-60-57-54-52-50-48-45-31-29-27-25-23-20-17-14-11-8-5-2/h7,10,12,15-16,19,24,26,30,32,34-35,37-38,72H,4-6,8-9,11,13-14,17-18,20-23,25,27-29,31,33,36,39-71H2,1-3H3/b10-7-,15-12-,19-16-,26-24-,32-30-,35-34-,38-37-. The molecule has 0 fully saturated rings. The third kappa shape index (κ3) is 67.3. The van der Waals surface area contributed by atoms with Crippen LogP contribution < -0.4 is 0 Å². The fourth-order valence-electron chi connectivity index (χ4n) is 10.2. The van der Waals surface area contributed by atoms with Crippen LogP contribution in [0, 0.1) is 0 Å². The molecule has 0 aliphatic carbocycles. The zero-order chi connectivity index (χ0) is 58.5. The van der Waals surface area contributed by atoms with Crippen LogP contribution in [0.25, 0.3) is 0 Å². The van der Waals surface area contributed by atoms with Crippen LogP contribution >= 0.6 is 0 Å². The molecule has 0 saturated heterocycles. The number of carbonyl (C=O) groups is 3. The van der Waals surface area contributed by atoms with Crippen molar-refractivity contribution in [2.24, 2.45) is 0 Å². The first-order valence-corrected chi connectivity index (χ1v) is 35.1. The van der Waals surface area contributed by atoms with E-state index in [2.05, 4.69) is 106 Å². The first-order chi connectivity index (χ1) is 40.0. The fraction of sp³-hybridized carbons (Fsp3) is 0.773. The lowest BCUT2D eigenvalue weighted by Gasteiger charge is -2.18. The van der Waals surface area contributed by atoms with Crippen LogP contribution in [0.4, 0.5) is 0 Å². The maximum Gasteiger partial charge on any atom is 0.306 e. The number of ether oxygens (including phenoxy) is 3. The molecule has 0 spiro atoms. The quantitative estimate of drug-likeness (QED) is 0.0261. The Morgan fingerprint density at radius 1 is 0.259 bits per heavy atom. The van der Waals surface area contributed by atoms with Gasteiger partial charge in [0, 0.05) is 19.3 Å². The van der Waals surface area contributed by atoms with E-state index in [4.69, 9.17) is 14.2 Å². The van der Waals surface area contributed by atoms with Crippen molar-refractivity contribution in [3.8, 4) is 0 Å². The molecular weight excluding hydrogens is 997 g/mol. The van der Waals surface area contributed by atoms with E-state index in [1.165, 1.54) is 205 Å². The molecule has 0 radical (unpaired) electrons. The highest BCUT2D eigenvalue weighted by molar-refractivity contribution is 5.71. The summed E-state index contributed by atoms with van der Waals surface area (Å²) in [6.45, 7) is 6.51. The Bertz CT molecular complexity index is 1530. The number of carbonyl (C=O) groups excluding carboxylic acids is 3. The van der Waals surface area contributed by atoms with Crippen molar-refractivity contribution in [3.05, 3.63) is 85.1 Å². The van der Waals surface area contributed by atoms with Crippen LogP contribution in [0.5, 0.6) is 0 Å². The molecule has 6 nitrogen and oxygen atoms in total. The van der Waals surface area contributed by atoms with Gasteiger partial charge in [-0.05, 0) is 89.9 Å². The molecule has 0 amide bonds. The Morgan fingerprint density at radius 2 is 0.506 bits per heavy atom. The smallest absolute Gasteiger partial charge is 0.306 e. The molecule has 0 N–H and O–H groups in total. The van der Waals surface area contributed by atoms with Crippen LogP contribution in [-0.2, 0) is 28.6 Å². The third-order valence-corrected chi connectivity index (χ3v) is 15.4. The van der Waals surface area contributed by atoms with Crippen molar-refractivity contribution in [3.63, 3.8) is 0 Å². The van der Waals surface area contributed by atoms with E-state index in [-0.39, 0.29) is 31.1 Å². The topological polar surface area (TPSA) is 78.9 Å². The van der Waals surface area contributed by atoms with Crippen molar-refractivity contribution in [1.29, 1.82) is 0 Å². The second kappa shape index (κ2) is 69.1. The molecule has 0 saturated carbocycles. The van der Waals surface area contributed by atoms with E-state index >= 15 is 0 Å². The monoisotopic (exact) mass is 1130 g/mol. The van der Waals surface area contributed by atoms with Crippen molar-refractivity contribution in [2.45, 2.75) is 361 Å². The van der Waals surface area contributed by atoms with Crippen LogP contribution in [0.1, 0.15) is 355 Å². The Morgan fingerprint density at radius 3 is 0.815 bits per heavy atom. The number of hydrogen-bond donors (Lipinski definition) is 0. The van der Waals surface area contributed by atoms with E-state index in [1.807, 2.05) is 0 Å². The SMILES string of the molecule is CC/C=C\C/C=C\C/C=C\C/C=C\C/C=C\C/C=C\CCCCCCCCCCCCCCCCC(=O)OCC(COC(=O)CCCCCCC/C=C\CCC)OC(=O)CCCCCCCCCCCCCCCCCCCCCC. The summed E-state index contributed by atoms with van der Waals surface area (Å²) in [7, 11) is 0. The number of unbranched alkanes of at least 4 members (excludes halogenated alkanes) is 39. The van der Waals surface area contributed by atoms with Gasteiger partial charge in [0.15, 0.2) is 6.10 Å². The van der Waals surface area contributed by atoms with Gasteiger partial charge < -0.3 is 14.2 Å². The fourth-order valence-corrected chi connectivity index (χ4v) is 10.2. The van der Waals surface area contributed by atoms with Gasteiger partial charge in [-0.25, -0.2) is 0 Å². The number of hydrogen-bond acceptors (Lipinski definition) is 6. The molecular formula is C75H132O6. The number of rotatable bonds is 64. The zero-order valence-corrected chi connectivity index (χ0v) is 53.8. The minimum absolute atomic E-state index is 0.0745. The summed E-state index contributed by atoms with van der Waals surface area (Å²) in [6.07, 6.45) is 92.0. The van der Waals surface area contributed by atoms with Crippen molar-refractivity contribution in [1.82, 2.24) is 0 Å². The molecule has 6 heteroatoms. The molecule has 0 heterocycles. The molecule has 0 aromatic carbocycles. The zero-order valence-electron chi connectivity index (χ0n) is 53.8. The van der Waals surface area contributed by atoms with Gasteiger partial charge >= 0.3 is 17.9 Å². The predicted octanol–water partition coefficient (Wildman–Crippen LogP) is 24.2. The highest BCUT2D eigenvalue weighted by Crippen LogP contribution is 2.18. The van der Waals surface area contributed by atoms with Gasteiger partial charge in [0.1, 0.15) is 13.2 Å². The van der Waals surface area contributed by atoms with Crippen molar-refractivity contribution >= 4 is 17.9 Å². The second-order valence-corrected chi connectivity index (χ2v) is 23.4. The highest BCUT2D eigenvalue weighted by atomic mass is 16.6. The van der Waals surface area contributed by atoms with Gasteiger partial charge in [-0.15, -0.1) is 0 Å². The Balaban J connectivity index is 4.13. The number of esters is 3. The van der Waals surface area contributed by atoms with E-state index in [0.717, 1.165) is 109 Å². The van der Waals surface area contributed by atoms with Gasteiger partial charge in [-0.2, -0.15) is 0 Å². The summed E-state index contributed by atoms with van der Waals surface area (Å²) in [6, 6.07) is 0. The average molecular weight is 1130 g/mol. The molecule has 81 heavy (non-hydrogen) atoms. The van der Waals surface area contributed by atoms with Gasteiger partial charge in [0.25, 0.3) is 0 Å². The van der Waals surface area contributed by atoms with Gasteiger partial charge in [-0.1, -0.05) is 331 Å². The van der Waals surface area contributed by atoms with E-state index in [1.54, 1.807) is 0 Å². The van der Waals surface area contributed by atoms with Crippen molar-refractivity contribution < 1.29 is 28.6 Å². The van der Waals surface area contributed by atoms with Gasteiger partial charge in [0.2, 0.25) is 0 Å². The van der Waals surface area contributed by atoms with Crippen LogP contribution in [0.2, 0.25) is 0 Å². The van der Waals surface area contributed by atoms with Gasteiger partial charge in [-0.3, -0.25) is 14.4 Å². The van der Waals surface area contributed by atoms with Crippen LogP contribution in [-0.4, -0.2) is 37.2 Å². The molecule has 0 aromatic rings.